The molecule has 0 bridgehead atoms. The lowest BCUT2D eigenvalue weighted by Crippen LogP contribution is -2.04. The number of alkyl halides is 2. The van der Waals surface area contributed by atoms with Crippen LogP contribution in [-0.2, 0) is 4.79 Å². The molecule has 0 aliphatic heterocycles. The number of rotatable bonds is 7. The molecular weight excluding hydrogens is 340 g/mol. The first-order valence-electron chi connectivity index (χ1n) is 6.66. The lowest BCUT2D eigenvalue weighted by atomic mass is 10.1. The summed E-state index contributed by atoms with van der Waals surface area (Å²) in [6.45, 7) is -2.97. The van der Waals surface area contributed by atoms with E-state index in [0.29, 0.717) is 15.4 Å². The molecule has 126 valence electrons. The lowest BCUT2D eigenvalue weighted by molar-refractivity contribution is -0.131. The van der Waals surface area contributed by atoms with E-state index in [0.717, 1.165) is 6.08 Å². The molecule has 0 saturated heterocycles. The molecule has 0 aliphatic rings. The van der Waals surface area contributed by atoms with Crippen molar-refractivity contribution in [3.05, 3.63) is 45.9 Å². The number of thiazole rings is 1. The van der Waals surface area contributed by atoms with E-state index < -0.39 is 12.6 Å². The van der Waals surface area contributed by atoms with Crippen molar-refractivity contribution >= 4 is 35.5 Å². The highest BCUT2D eigenvalue weighted by Gasteiger charge is 2.13. The van der Waals surface area contributed by atoms with Gasteiger partial charge < -0.3 is 14.6 Å². The number of hydrogen-bond acceptors (Lipinski definition) is 5. The monoisotopic (exact) mass is 353 g/mol. The Morgan fingerprint density at radius 3 is 2.79 bits per heavy atom. The van der Waals surface area contributed by atoms with E-state index in [2.05, 4.69) is 9.72 Å². The number of benzene rings is 1. The standard InChI is InChI=1S/C16H13F2NO4S/c1-22-12-4-2-3-10(15(12)23-16(17)18)5-7-13-19-9-11(24-13)6-8-14(20)21/h2-9,16H,1H3,(H,20,21)/b7-5+,8-6+. The average Bonchev–Trinajstić information content (AvgIpc) is 2.99. The summed E-state index contributed by atoms with van der Waals surface area (Å²) in [5.74, 6) is -0.916. The van der Waals surface area contributed by atoms with Gasteiger partial charge in [0, 0.05) is 22.7 Å². The Hall–Kier alpha value is -2.74. The van der Waals surface area contributed by atoms with Gasteiger partial charge in [-0.1, -0.05) is 12.1 Å². The predicted octanol–water partition coefficient (Wildman–Crippen LogP) is 4.02. The van der Waals surface area contributed by atoms with E-state index in [1.807, 2.05) is 0 Å². The molecule has 0 saturated carbocycles. The van der Waals surface area contributed by atoms with Crippen molar-refractivity contribution in [2.24, 2.45) is 0 Å². The van der Waals surface area contributed by atoms with Gasteiger partial charge in [-0.05, 0) is 24.3 Å². The second kappa shape index (κ2) is 8.21. The lowest BCUT2D eigenvalue weighted by Gasteiger charge is -2.12. The summed E-state index contributed by atoms with van der Waals surface area (Å²) in [6, 6.07) is 4.78. The Balaban J connectivity index is 2.24. The molecule has 0 atom stereocenters. The fraction of sp³-hybridized carbons (Fsp3) is 0.125. The number of halogens is 2. The maximum atomic E-state index is 12.6. The summed E-state index contributed by atoms with van der Waals surface area (Å²) in [7, 11) is 1.36. The highest BCUT2D eigenvalue weighted by atomic mass is 32.1. The Morgan fingerprint density at radius 1 is 1.33 bits per heavy atom. The van der Waals surface area contributed by atoms with Crippen LogP contribution in [0.2, 0.25) is 0 Å². The molecule has 1 heterocycles. The van der Waals surface area contributed by atoms with Crippen molar-refractivity contribution in [1.29, 1.82) is 0 Å². The smallest absolute Gasteiger partial charge is 0.387 e. The third-order valence-corrected chi connectivity index (χ3v) is 3.70. The number of carboxylic acid groups (broad SMARTS) is 1. The van der Waals surface area contributed by atoms with Crippen LogP contribution in [-0.4, -0.2) is 29.8 Å². The van der Waals surface area contributed by atoms with E-state index in [9.17, 15) is 13.6 Å². The van der Waals surface area contributed by atoms with E-state index in [4.69, 9.17) is 9.84 Å². The van der Waals surface area contributed by atoms with Gasteiger partial charge in [0.1, 0.15) is 5.01 Å². The molecule has 0 amide bonds. The largest absolute Gasteiger partial charge is 0.493 e. The molecule has 0 radical (unpaired) electrons. The van der Waals surface area contributed by atoms with Crippen LogP contribution in [0, 0.1) is 0 Å². The van der Waals surface area contributed by atoms with Crippen molar-refractivity contribution in [2.75, 3.05) is 7.11 Å². The van der Waals surface area contributed by atoms with E-state index in [-0.39, 0.29) is 11.5 Å². The predicted molar refractivity (Wildman–Crippen MR) is 87.3 cm³/mol. The Bertz CT molecular complexity index is 771. The third kappa shape index (κ3) is 4.88. The van der Waals surface area contributed by atoms with Gasteiger partial charge in [0.25, 0.3) is 0 Å². The second-order valence-corrected chi connectivity index (χ2v) is 5.46. The second-order valence-electron chi connectivity index (χ2n) is 4.36. The van der Waals surface area contributed by atoms with Crippen molar-refractivity contribution in [3.8, 4) is 11.5 Å². The van der Waals surface area contributed by atoms with E-state index in [1.165, 1.54) is 36.8 Å². The topological polar surface area (TPSA) is 68.7 Å². The summed E-state index contributed by atoms with van der Waals surface area (Å²) in [5, 5.41) is 9.17. The Kier molecular flexibility index (Phi) is 6.02. The van der Waals surface area contributed by atoms with E-state index >= 15 is 0 Å². The van der Waals surface area contributed by atoms with E-state index in [1.54, 1.807) is 24.3 Å². The minimum atomic E-state index is -2.97. The summed E-state index contributed by atoms with van der Waals surface area (Å²) in [4.78, 5) is 15.2. The van der Waals surface area contributed by atoms with Crippen molar-refractivity contribution in [3.63, 3.8) is 0 Å². The number of carbonyl (C=O) groups is 1. The summed E-state index contributed by atoms with van der Waals surface area (Å²) in [5.41, 5.74) is 0.410. The van der Waals surface area contributed by atoms with Crippen molar-refractivity contribution in [1.82, 2.24) is 4.98 Å². The molecule has 0 fully saturated rings. The van der Waals surface area contributed by atoms with Crippen LogP contribution < -0.4 is 9.47 Å². The minimum Gasteiger partial charge on any atom is -0.493 e. The van der Waals surface area contributed by atoms with Crippen LogP contribution in [0.15, 0.2) is 30.5 Å². The normalized spacial score (nSPS) is 11.5. The molecule has 2 rings (SSSR count). The SMILES string of the molecule is COc1cccc(/C=C/c2ncc(/C=C/C(=O)O)s2)c1OC(F)F. The molecule has 1 N–H and O–H groups in total. The van der Waals surface area contributed by atoms with Crippen LogP contribution in [0.25, 0.3) is 18.2 Å². The number of ether oxygens (including phenoxy) is 2. The number of nitrogens with zero attached hydrogens (tertiary/aromatic N) is 1. The molecule has 5 nitrogen and oxygen atoms in total. The molecule has 1 aromatic heterocycles. The summed E-state index contributed by atoms with van der Waals surface area (Å²) < 4.78 is 34.7. The number of methoxy groups -OCH3 is 1. The van der Waals surface area contributed by atoms with Gasteiger partial charge in [-0.2, -0.15) is 8.78 Å². The minimum absolute atomic E-state index is 0.0613. The molecule has 24 heavy (non-hydrogen) atoms. The van der Waals surface area contributed by atoms with Crippen LogP contribution in [0.4, 0.5) is 8.78 Å². The summed E-state index contributed by atoms with van der Waals surface area (Å²) in [6.07, 6.45) is 7.15. The van der Waals surface area contributed by atoms with Crippen LogP contribution in [0.5, 0.6) is 11.5 Å². The molecule has 0 spiro atoms. The number of para-hydroxylation sites is 1. The van der Waals surface area contributed by atoms with Gasteiger partial charge in [-0.25, -0.2) is 9.78 Å². The maximum Gasteiger partial charge on any atom is 0.387 e. The molecule has 2 aromatic rings. The summed E-state index contributed by atoms with van der Waals surface area (Å²) >= 11 is 1.26. The molecular formula is C16H13F2NO4S. The Labute approximate surface area is 140 Å². The zero-order valence-corrected chi connectivity index (χ0v) is 13.3. The fourth-order valence-electron chi connectivity index (χ4n) is 1.81. The quantitative estimate of drug-likeness (QED) is 0.762. The molecule has 0 aliphatic carbocycles. The van der Waals surface area contributed by atoms with Gasteiger partial charge in [-0.15, -0.1) is 11.3 Å². The highest BCUT2D eigenvalue weighted by Crippen LogP contribution is 2.33. The first-order valence-corrected chi connectivity index (χ1v) is 7.48. The molecule has 8 heteroatoms. The van der Waals surface area contributed by atoms with Gasteiger partial charge in [0.2, 0.25) is 0 Å². The number of aliphatic carboxylic acids is 1. The molecule has 0 unspecified atom stereocenters. The zero-order valence-electron chi connectivity index (χ0n) is 12.5. The first kappa shape index (κ1) is 17.6. The number of hydrogen-bond donors (Lipinski definition) is 1. The fourth-order valence-corrected chi connectivity index (χ4v) is 2.53. The highest BCUT2D eigenvalue weighted by molar-refractivity contribution is 7.13. The Morgan fingerprint density at radius 2 is 2.12 bits per heavy atom. The van der Waals surface area contributed by atoms with Crippen LogP contribution in [0.3, 0.4) is 0 Å². The zero-order chi connectivity index (χ0) is 17.5. The number of aromatic nitrogens is 1. The first-order chi connectivity index (χ1) is 11.5. The van der Waals surface area contributed by atoms with Crippen molar-refractivity contribution < 1.29 is 28.2 Å². The maximum absolute atomic E-state index is 12.6. The van der Waals surface area contributed by atoms with Crippen molar-refractivity contribution in [2.45, 2.75) is 6.61 Å². The van der Waals surface area contributed by atoms with Gasteiger partial charge in [0.15, 0.2) is 11.5 Å². The van der Waals surface area contributed by atoms with Crippen LogP contribution >= 0.6 is 11.3 Å². The third-order valence-electron chi connectivity index (χ3n) is 2.77. The van der Waals surface area contributed by atoms with Crippen LogP contribution in [0.1, 0.15) is 15.4 Å². The van der Waals surface area contributed by atoms with Gasteiger partial charge in [0.05, 0.1) is 7.11 Å². The number of carboxylic acids is 1. The van der Waals surface area contributed by atoms with Gasteiger partial charge in [-0.3, -0.25) is 0 Å². The molecule has 1 aromatic carbocycles. The average molecular weight is 353 g/mol. The van der Waals surface area contributed by atoms with Gasteiger partial charge >= 0.3 is 12.6 Å².